The number of hydrogen-bond acceptors (Lipinski definition) is 5. The fourth-order valence-electron chi connectivity index (χ4n) is 4.42. The summed E-state index contributed by atoms with van der Waals surface area (Å²) >= 11 is 0. The van der Waals surface area contributed by atoms with Crippen LogP contribution in [0, 0.1) is 0 Å². The highest BCUT2D eigenvalue weighted by Gasteiger charge is 2.38. The second-order valence-corrected chi connectivity index (χ2v) is 7.61. The molecule has 1 aromatic carbocycles. The summed E-state index contributed by atoms with van der Waals surface area (Å²) in [6.45, 7) is 4.04. The second-order valence-electron chi connectivity index (χ2n) is 7.61. The third kappa shape index (κ3) is 3.94. The van der Waals surface area contributed by atoms with E-state index in [-0.39, 0.29) is 24.0 Å². The van der Waals surface area contributed by atoms with Crippen LogP contribution in [0.2, 0.25) is 0 Å². The fourth-order valence-corrected chi connectivity index (χ4v) is 4.42. The molecule has 7 nitrogen and oxygen atoms in total. The van der Waals surface area contributed by atoms with Crippen LogP contribution in [0.3, 0.4) is 0 Å². The van der Waals surface area contributed by atoms with Crippen LogP contribution < -0.4 is 15.4 Å². The van der Waals surface area contributed by atoms with Crippen LogP contribution >= 0.6 is 0 Å². The van der Waals surface area contributed by atoms with E-state index < -0.39 is 0 Å². The molecule has 1 aromatic rings. The van der Waals surface area contributed by atoms with Crippen molar-refractivity contribution in [3.8, 4) is 5.75 Å². The van der Waals surface area contributed by atoms with Crippen molar-refractivity contribution in [1.29, 1.82) is 0 Å². The zero-order chi connectivity index (χ0) is 18.7. The molecule has 7 heteroatoms. The van der Waals surface area contributed by atoms with Crippen molar-refractivity contribution in [2.24, 2.45) is 0 Å². The summed E-state index contributed by atoms with van der Waals surface area (Å²) in [6.07, 6.45) is 5.92. The Labute approximate surface area is 159 Å². The summed E-state index contributed by atoms with van der Waals surface area (Å²) in [5.74, 6) is 0.267. The zero-order valence-electron chi connectivity index (χ0n) is 15.6. The molecule has 0 radical (unpaired) electrons. The minimum absolute atomic E-state index is 0.0157. The number of anilines is 1. The van der Waals surface area contributed by atoms with Gasteiger partial charge >= 0.3 is 0 Å². The number of carbonyl (C=O) groups excluding carboxylic acids is 2. The van der Waals surface area contributed by atoms with Gasteiger partial charge in [-0.3, -0.25) is 14.5 Å². The van der Waals surface area contributed by atoms with Crippen molar-refractivity contribution in [2.75, 3.05) is 44.8 Å². The quantitative estimate of drug-likeness (QED) is 0.841. The molecule has 27 heavy (non-hydrogen) atoms. The Morgan fingerprint density at radius 2 is 1.96 bits per heavy atom. The maximum absolute atomic E-state index is 12.8. The summed E-state index contributed by atoms with van der Waals surface area (Å²) in [4.78, 5) is 26.7. The summed E-state index contributed by atoms with van der Waals surface area (Å²) in [6, 6.07) is 5.15. The molecular weight excluding hydrogens is 346 g/mol. The van der Waals surface area contributed by atoms with E-state index in [1.54, 1.807) is 18.2 Å². The first-order valence-corrected chi connectivity index (χ1v) is 9.84. The average molecular weight is 373 g/mol. The lowest BCUT2D eigenvalue weighted by Gasteiger charge is -2.48. The van der Waals surface area contributed by atoms with Crippen LogP contribution in [0.4, 0.5) is 5.69 Å². The third-order valence-corrected chi connectivity index (χ3v) is 5.92. The topological polar surface area (TPSA) is 79.9 Å². The Balaban J connectivity index is 1.44. The number of rotatable bonds is 4. The van der Waals surface area contributed by atoms with Crippen molar-refractivity contribution >= 4 is 17.5 Å². The number of fused-ring (bicyclic) bond motifs is 1. The maximum Gasteiger partial charge on any atom is 0.262 e. The molecule has 146 valence electrons. The van der Waals surface area contributed by atoms with E-state index in [0.29, 0.717) is 23.5 Å². The monoisotopic (exact) mass is 373 g/mol. The number of amides is 2. The number of nitrogens with one attached hydrogen (secondary N) is 2. The molecule has 0 bridgehead atoms. The van der Waals surface area contributed by atoms with Gasteiger partial charge in [-0.05, 0) is 31.0 Å². The summed E-state index contributed by atoms with van der Waals surface area (Å²) in [7, 11) is 0. The Bertz CT molecular complexity index is 709. The number of ether oxygens (including phenoxy) is 2. The van der Waals surface area contributed by atoms with E-state index in [1.807, 2.05) is 0 Å². The highest BCUT2D eigenvalue weighted by molar-refractivity contribution is 5.99. The predicted octanol–water partition coefficient (Wildman–Crippen LogP) is 1.78. The molecule has 2 N–H and O–H groups in total. The van der Waals surface area contributed by atoms with Crippen LogP contribution in [0.25, 0.3) is 0 Å². The molecule has 1 aliphatic carbocycles. The lowest BCUT2D eigenvalue weighted by Crippen LogP contribution is -2.59. The van der Waals surface area contributed by atoms with Crippen LogP contribution in [-0.2, 0) is 9.53 Å². The molecule has 0 atom stereocenters. The SMILES string of the molecule is O=C1COc2cc(C(=O)NCC3(N4CCOCC4)CCCCC3)ccc2N1. The minimum atomic E-state index is -0.176. The number of carbonyl (C=O) groups is 2. The maximum atomic E-state index is 12.8. The number of benzene rings is 1. The van der Waals surface area contributed by atoms with E-state index in [1.165, 1.54) is 19.3 Å². The number of hydrogen-bond donors (Lipinski definition) is 2. The minimum Gasteiger partial charge on any atom is -0.482 e. The lowest BCUT2D eigenvalue weighted by molar-refractivity contribution is -0.118. The van der Waals surface area contributed by atoms with Crippen molar-refractivity contribution in [2.45, 2.75) is 37.6 Å². The highest BCUT2D eigenvalue weighted by Crippen LogP contribution is 2.34. The first kappa shape index (κ1) is 18.3. The van der Waals surface area contributed by atoms with Crippen molar-refractivity contribution in [3.05, 3.63) is 23.8 Å². The van der Waals surface area contributed by atoms with Crippen LogP contribution in [-0.4, -0.2) is 61.7 Å². The van der Waals surface area contributed by atoms with Gasteiger partial charge in [-0.1, -0.05) is 19.3 Å². The van der Waals surface area contributed by atoms with Gasteiger partial charge < -0.3 is 20.1 Å². The van der Waals surface area contributed by atoms with Crippen molar-refractivity contribution in [1.82, 2.24) is 10.2 Å². The molecule has 0 spiro atoms. The van der Waals surface area contributed by atoms with Gasteiger partial charge in [0, 0.05) is 30.7 Å². The highest BCUT2D eigenvalue weighted by atomic mass is 16.5. The lowest BCUT2D eigenvalue weighted by atomic mass is 9.79. The van der Waals surface area contributed by atoms with E-state index >= 15 is 0 Å². The Kier molecular flexibility index (Phi) is 5.31. The van der Waals surface area contributed by atoms with Gasteiger partial charge in [-0.15, -0.1) is 0 Å². The largest absolute Gasteiger partial charge is 0.482 e. The molecule has 1 saturated carbocycles. The Morgan fingerprint density at radius 3 is 2.74 bits per heavy atom. The Hall–Kier alpha value is -2.12. The van der Waals surface area contributed by atoms with Crippen molar-refractivity contribution in [3.63, 3.8) is 0 Å². The van der Waals surface area contributed by atoms with Crippen LogP contribution in [0.1, 0.15) is 42.5 Å². The molecule has 2 amide bonds. The number of nitrogens with zero attached hydrogens (tertiary/aromatic N) is 1. The normalized spacial score (nSPS) is 22.3. The molecular formula is C20H27N3O4. The first-order valence-electron chi connectivity index (χ1n) is 9.84. The van der Waals surface area contributed by atoms with Gasteiger partial charge in [0.15, 0.2) is 6.61 Å². The molecule has 0 aromatic heterocycles. The molecule has 3 aliphatic rings. The van der Waals surface area contributed by atoms with Gasteiger partial charge in [0.2, 0.25) is 0 Å². The van der Waals surface area contributed by atoms with Crippen LogP contribution in [0.15, 0.2) is 18.2 Å². The van der Waals surface area contributed by atoms with E-state index in [9.17, 15) is 9.59 Å². The molecule has 1 saturated heterocycles. The molecule has 2 fully saturated rings. The summed E-state index contributed by atoms with van der Waals surface area (Å²) in [5.41, 5.74) is 1.20. The second kappa shape index (κ2) is 7.86. The van der Waals surface area contributed by atoms with E-state index in [0.717, 1.165) is 39.1 Å². The summed E-state index contributed by atoms with van der Waals surface area (Å²) < 4.78 is 10.9. The van der Waals surface area contributed by atoms with Gasteiger partial charge in [0.25, 0.3) is 11.8 Å². The first-order chi connectivity index (χ1) is 13.2. The summed E-state index contributed by atoms with van der Waals surface area (Å²) in [5, 5.41) is 5.90. The average Bonchev–Trinajstić information content (AvgIpc) is 2.73. The van der Waals surface area contributed by atoms with E-state index in [4.69, 9.17) is 9.47 Å². The van der Waals surface area contributed by atoms with Gasteiger partial charge in [0.05, 0.1) is 18.9 Å². The number of morpholine rings is 1. The molecule has 4 rings (SSSR count). The van der Waals surface area contributed by atoms with Gasteiger partial charge in [-0.2, -0.15) is 0 Å². The van der Waals surface area contributed by atoms with Gasteiger partial charge in [-0.25, -0.2) is 0 Å². The van der Waals surface area contributed by atoms with Gasteiger partial charge in [0.1, 0.15) is 5.75 Å². The predicted molar refractivity (Wildman–Crippen MR) is 101 cm³/mol. The van der Waals surface area contributed by atoms with E-state index in [2.05, 4.69) is 15.5 Å². The zero-order valence-corrected chi connectivity index (χ0v) is 15.6. The fraction of sp³-hybridized carbons (Fsp3) is 0.600. The molecule has 0 unspecified atom stereocenters. The van der Waals surface area contributed by atoms with Crippen LogP contribution in [0.5, 0.6) is 5.75 Å². The molecule has 2 heterocycles. The molecule has 2 aliphatic heterocycles. The third-order valence-electron chi connectivity index (χ3n) is 5.92. The Morgan fingerprint density at radius 1 is 1.19 bits per heavy atom. The standard InChI is InChI=1S/C20H27N3O4/c24-18-13-27-17-12-15(4-5-16(17)22-18)19(25)21-14-20(6-2-1-3-7-20)23-8-10-26-11-9-23/h4-5,12H,1-3,6-11,13-14H2,(H,21,25)(H,22,24). The smallest absolute Gasteiger partial charge is 0.262 e. The van der Waals surface area contributed by atoms with Crippen molar-refractivity contribution < 1.29 is 19.1 Å².